The summed E-state index contributed by atoms with van der Waals surface area (Å²) < 4.78 is 41.3. The van der Waals surface area contributed by atoms with Gasteiger partial charge in [-0.2, -0.15) is 0 Å². The minimum atomic E-state index is -3.93. The molecule has 0 N–H and O–H groups in total. The zero-order valence-electron chi connectivity index (χ0n) is 11.9. The van der Waals surface area contributed by atoms with Gasteiger partial charge in [0, 0.05) is 16.1 Å². The molecule has 2 aromatic carbocycles. The van der Waals surface area contributed by atoms with Crippen LogP contribution in [0.5, 0.6) is 0 Å². The van der Waals surface area contributed by atoms with Crippen molar-refractivity contribution in [3.05, 3.63) is 69.9 Å². The second kappa shape index (κ2) is 5.48. The Kier molecular flexibility index (Phi) is 3.74. The zero-order chi connectivity index (χ0) is 16.8. The molecule has 7 heteroatoms. The largest absolute Gasteiger partial charge is 0.268 e. The van der Waals surface area contributed by atoms with Crippen molar-refractivity contribution < 1.29 is 12.8 Å². The molecule has 3 aromatic rings. The molecule has 0 spiro atoms. The van der Waals surface area contributed by atoms with E-state index in [1.54, 1.807) is 12.1 Å². The number of hydrogen-bond acceptors (Lipinski definition) is 2. The van der Waals surface area contributed by atoms with Crippen LogP contribution in [-0.2, 0) is 10.0 Å². The van der Waals surface area contributed by atoms with Crippen LogP contribution in [0, 0.1) is 19.3 Å². The Morgan fingerprint density at radius 3 is 2.48 bits per heavy atom. The van der Waals surface area contributed by atoms with Crippen molar-refractivity contribution in [2.45, 2.75) is 11.8 Å². The van der Waals surface area contributed by atoms with Crippen LogP contribution in [-0.4, -0.2) is 12.4 Å². The highest BCUT2D eigenvalue weighted by Gasteiger charge is 2.23. The summed E-state index contributed by atoms with van der Waals surface area (Å²) in [6.45, 7) is 8.84. The zero-order valence-corrected chi connectivity index (χ0v) is 14.3. The van der Waals surface area contributed by atoms with Crippen LogP contribution in [0.25, 0.3) is 15.7 Å². The summed E-state index contributed by atoms with van der Waals surface area (Å²) in [5, 5.41) is 0.340. The molecule has 0 amide bonds. The molecule has 23 heavy (non-hydrogen) atoms. The van der Waals surface area contributed by atoms with Crippen molar-refractivity contribution in [2.24, 2.45) is 0 Å². The molecule has 0 aliphatic heterocycles. The Hall–Kier alpha value is -2.17. The van der Waals surface area contributed by atoms with E-state index in [-0.39, 0.29) is 16.1 Å². The lowest BCUT2D eigenvalue weighted by molar-refractivity contribution is 0.586. The Bertz CT molecular complexity index is 1060. The fourth-order valence-electron chi connectivity index (χ4n) is 2.31. The molecule has 0 fully saturated rings. The van der Waals surface area contributed by atoms with Gasteiger partial charge in [-0.05, 0) is 47.1 Å². The normalized spacial score (nSPS) is 11.6. The van der Waals surface area contributed by atoms with Gasteiger partial charge >= 0.3 is 0 Å². The molecular weight excluding hydrogens is 383 g/mol. The fraction of sp³-hybridized carbons (Fsp3) is 0.0625. The standard InChI is InChI=1S/C16H10BrFN2O2S/c1-10-3-5-12(6-4-10)23(21,22)20-9-14(17)13-7-11(19-2)8-15(18)16(13)20/h3-9H,1H3. The van der Waals surface area contributed by atoms with E-state index in [1.807, 2.05) is 6.92 Å². The topological polar surface area (TPSA) is 43.4 Å². The van der Waals surface area contributed by atoms with Crippen molar-refractivity contribution in [3.8, 4) is 0 Å². The average molecular weight is 393 g/mol. The molecule has 0 radical (unpaired) electrons. The maximum absolute atomic E-state index is 14.4. The second-order valence-electron chi connectivity index (χ2n) is 5.03. The molecule has 3 rings (SSSR count). The Labute approximate surface area is 141 Å². The van der Waals surface area contributed by atoms with Gasteiger partial charge in [0.25, 0.3) is 10.0 Å². The van der Waals surface area contributed by atoms with E-state index in [1.165, 1.54) is 24.4 Å². The van der Waals surface area contributed by atoms with Crippen LogP contribution in [0.15, 0.2) is 52.0 Å². The molecule has 1 aromatic heterocycles. The number of fused-ring (bicyclic) bond motifs is 1. The summed E-state index contributed by atoms with van der Waals surface area (Å²) in [4.78, 5) is 3.26. The molecule has 0 bridgehead atoms. The van der Waals surface area contributed by atoms with Gasteiger partial charge in [0.2, 0.25) is 0 Å². The highest BCUT2D eigenvalue weighted by Crippen LogP contribution is 2.34. The van der Waals surface area contributed by atoms with Gasteiger partial charge in [-0.25, -0.2) is 21.6 Å². The lowest BCUT2D eigenvalue weighted by atomic mass is 10.2. The number of nitrogens with zero attached hydrogens (tertiary/aromatic N) is 2. The van der Waals surface area contributed by atoms with Gasteiger partial charge in [-0.3, -0.25) is 0 Å². The lowest BCUT2D eigenvalue weighted by Crippen LogP contribution is -2.12. The van der Waals surface area contributed by atoms with Crippen LogP contribution in [0.4, 0.5) is 10.1 Å². The van der Waals surface area contributed by atoms with Crippen LogP contribution >= 0.6 is 15.9 Å². The van der Waals surface area contributed by atoms with E-state index in [0.29, 0.717) is 9.86 Å². The summed E-state index contributed by atoms with van der Waals surface area (Å²) in [7, 11) is -3.93. The van der Waals surface area contributed by atoms with E-state index in [9.17, 15) is 12.8 Å². The van der Waals surface area contributed by atoms with E-state index >= 15 is 0 Å². The third-order valence-corrected chi connectivity index (χ3v) is 5.77. The van der Waals surface area contributed by atoms with Gasteiger partial charge in [-0.1, -0.05) is 17.7 Å². The molecule has 4 nitrogen and oxygen atoms in total. The van der Waals surface area contributed by atoms with Crippen LogP contribution in [0.2, 0.25) is 0 Å². The Morgan fingerprint density at radius 1 is 1.22 bits per heavy atom. The first-order chi connectivity index (χ1) is 10.8. The lowest BCUT2D eigenvalue weighted by Gasteiger charge is -2.08. The predicted molar refractivity (Wildman–Crippen MR) is 89.6 cm³/mol. The summed E-state index contributed by atoms with van der Waals surface area (Å²) in [5.41, 5.74) is 0.960. The molecule has 0 unspecified atom stereocenters. The average Bonchev–Trinajstić information content (AvgIpc) is 2.86. The molecule has 0 aliphatic carbocycles. The summed E-state index contributed by atoms with van der Waals surface area (Å²) in [5.74, 6) is -0.755. The highest BCUT2D eigenvalue weighted by molar-refractivity contribution is 9.10. The first kappa shape index (κ1) is 15.7. The maximum Gasteiger partial charge on any atom is 0.268 e. The van der Waals surface area contributed by atoms with Gasteiger partial charge in [0.15, 0.2) is 5.69 Å². The molecule has 0 atom stereocenters. The number of hydrogen-bond donors (Lipinski definition) is 0. The molecule has 0 saturated carbocycles. The Morgan fingerprint density at radius 2 is 1.87 bits per heavy atom. The van der Waals surface area contributed by atoms with Gasteiger partial charge in [0.1, 0.15) is 5.82 Å². The van der Waals surface area contributed by atoms with Crippen molar-refractivity contribution in [1.29, 1.82) is 0 Å². The number of halogens is 2. The minimum absolute atomic E-state index is 0.0705. The smallest absolute Gasteiger partial charge is 0.238 e. The number of rotatable bonds is 2. The molecule has 1 heterocycles. The van der Waals surface area contributed by atoms with Crippen molar-refractivity contribution >= 4 is 42.5 Å². The number of benzene rings is 2. The highest BCUT2D eigenvalue weighted by atomic mass is 79.9. The minimum Gasteiger partial charge on any atom is -0.238 e. The first-order valence-electron chi connectivity index (χ1n) is 6.54. The van der Waals surface area contributed by atoms with Gasteiger partial charge in [-0.15, -0.1) is 0 Å². The van der Waals surface area contributed by atoms with Crippen molar-refractivity contribution in [3.63, 3.8) is 0 Å². The molecular formula is C16H10BrFN2O2S. The second-order valence-corrected chi connectivity index (χ2v) is 7.70. The monoisotopic (exact) mass is 392 g/mol. The Balaban J connectivity index is 2.33. The first-order valence-corrected chi connectivity index (χ1v) is 8.77. The van der Waals surface area contributed by atoms with E-state index < -0.39 is 15.8 Å². The molecule has 0 saturated heterocycles. The van der Waals surface area contributed by atoms with Gasteiger partial charge in [0.05, 0.1) is 17.0 Å². The molecule has 116 valence electrons. The SMILES string of the molecule is [C-]#[N+]c1cc(F)c2c(c1)c(Br)cn2S(=O)(=O)c1ccc(C)cc1. The van der Waals surface area contributed by atoms with E-state index in [2.05, 4.69) is 20.8 Å². The maximum atomic E-state index is 14.4. The van der Waals surface area contributed by atoms with Crippen molar-refractivity contribution in [1.82, 2.24) is 3.97 Å². The summed E-state index contributed by atoms with van der Waals surface area (Å²) >= 11 is 3.24. The quantitative estimate of drug-likeness (QED) is 0.596. The fourth-order valence-corrected chi connectivity index (χ4v) is 4.33. The van der Waals surface area contributed by atoms with Gasteiger partial charge < -0.3 is 0 Å². The van der Waals surface area contributed by atoms with Crippen molar-refractivity contribution in [2.75, 3.05) is 0 Å². The number of aryl methyl sites for hydroxylation is 1. The predicted octanol–water partition coefficient (Wildman–Crippen LogP) is 4.64. The summed E-state index contributed by atoms with van der Waals surface area (Å²) in [6.07, 6.45) is 1.30. The van der Waals surface area contributed by atoms with Crippen LogP contribution < -0.4 is 0 Å². The third-order valence-electron chi connectivity index (χ3n) is 3.46. The number of aromatic nitrogens is 1. The summed E-state index contributed by atoms with van der Waals surface area (Å²) in [6, 6.07) is 8.81. The van der Waals surface area contributed by atoms with E-state index in [0.717, 1.165) is 15.6 Å². The third kappa shape index (κ3) is 2.54. The van der Waals surface area contributed by atoms with Crippen LogP contribution in [0.1, 0.15) is 5.56 Å². The van der Waals surface area contributed by atoms with Crippen LogP contribution in [0.3, 0.4) is 0 Å². The van der Waals surface area contributed by atoms with E-state index in [4.69, 9.17) is 6.57 Å². The molecule has 0 aliphatic rings.